The Morgan fingerprint density at radius 3 is 2.88 bits per heavy atom. The maximum Gasteiger partial charge on any atom is 0.303 e. The van der Waals surface area contributed by atoms with Crippen molar-refractivity contribution in [3.8, 4) is 0 Å². The van der Waals surface area contributed by atoms with Crippen LogP contribution in [0.3, 0.4) is 0 Å². The number of rotatable bonds is 3. The molecule has 1 heterocycles. The molecule has 88 valence electrons. The zero-order valence-electron chi connectivity index (χ0n) is 9.39. The van der Waals surface area contributed by atoms with Crippen molar-refractivity contribution in [2.75, 3.05) is 0 Å². The molecule has 0 saturated heterocycles. The summed E-state index contributed by atoms with van der Waals surface area (Å²) in [5.74, 6) is 0.186. The smallest absolute Gasteiger partial charge is 0.303 e. The third-order valence-corrected chi connectivity index (χ3v) is 4.51. The van der Waals surface area contributed by atoms with E-state index in [-0.39, 0.29) is 0 Å². The Balaban J connectivity index is 2.13. The third kappa shape index (κ3) is 2.85. The molecule has 1 fully saturated rings. The van der Waals surface area contributed by atoms with Crippen LogP contribution in [0.25, 0.3) is 0 Å². The van der Waals surface area contributed by atoms with Crippen LogP contribution >= 0.6 is 11.3 Å². The third-order valence-electron chi connectivity index (χ3n) is 3.50. The summed E-state index contributed by atoms with van der Waals surface area (Å²) in [5.41, 5.74) is 0. The lowest BCUT2D eigenvalue weighted by Crippen LogP contribution is -2.15. The van der Waals surface area contributed by atoms with E-state index in [1.165, 1.54) is 30.6 Å². The molecule has 1 aromatic rings. The van der Waals surface area contributed by atoms with Crippen LogP contribution in [0.5, 0.6) is 0 Å². The molecule has 3 heteroatoms. The van der Waals surface area contributed by atoms with Crippen LogP contribution < -0.4 is 0 Å². The van der Waals surface area contributed by atoms with E-state index >= 15 is 0 Å². The monoisotopic (exact) mass is 238 g/mol. The molecule has 1 aliphatic rings. The van der Waals surface area contributed by atoms with Gasteiger partial charge in [0.1, 0.15) is 0 Å². The Hall–Kier alpha value is -0.830. The van der Waals surface area contributed by atoms with Gasteiger partial charge >= 0.3 is 5.97 Å². The van der Waals surface area contributed by atoms with E-state index < -0.39 is 5.97 Å². The van der Waals surface area contributed by atoms with Crippen molar-refractivity contribution in [2.45, 2.75) is 44.4 Å². The van der Waals surface area contributed by atoms with Gasteiger partial charge in [-0.25, -0.2) is 0 Å². The predicted octanol–water partition coefficient (Wildman–Crippen LogP) is 3.89. The number of carboxylic acid groups (broad SMARTS) is 1. The summed E-state index contributed by atoms with van der Waals surface area (Å²) >= 11 is 1.78. The number of hydrogen-bond donors (Lipinski definition) is 1. The molecule has 0 bridgehead atoms. The van der Waals surface area contributed by atoms with Crippen molar-refractivity contribution in [2.24, 2.45) is 5.92 Å². The summed E-state index contributed by atoms with van der Waals surface area (Å²) in [4.78, 5) is 12.3. The molecule has 1 aromatic heterocycles. The molecule has 2 nitrogen and oxygen atoms in total. The van der Waals surface area contributed by atoms with E-state index in [0.717, 1.165) is 6.42 Å². The van der Waals surface area contributed by atoms with Gasteiger partial charge in [-0.3, -0.25) is 4.79 Å². The number of hydrogen-bond acceptors (Lipinski definition) is 2. The van der Waals surface area contributed by atoms with Gasteiger partial charge in [0.2, 0.25) is 0 Å². The van der Waals surface area contributed by atoms with Crippen LogP contribution in [0.15, 0.2) is 17.5 Å². The standard InChI is InChI=1S/C13H18O2S/c14-13(15)9-10-5-2-1-3-6-11(10)12-7-4-8-16-12/h4,7-8,10-11H,1-3,5-6,9H2,(H,14,15). The molecule has 2 atom stereocenters. The Labute approximate surface area is 100 Å². The molecule has 1 aliphatic carbocycles. The minimum Gasteiger partial charge on any atom is -0.481 e. The fourth-order valence-corrected chi connectivity index (χ4v) is 3.69. The predicted molar refractivity (Wildman–Crippen MR) is 65.9 cm³/mol. The van der Waals surface area contributed by atoms with E-state index in [4.69, 9.17) is 5.11 Å². The topological polar surface area (TPSA) is 37.3 Å². The first-order chi connectivity index (χ1) is 7.77. The molecule has 16 heavy (non-hydrogen) atoms. The van der Waals surface area contributed by atoms with Gasteiger partial charge in [-0.05, 0) is 36.1 Å². The van der Waals surface area contributed by atoms with Crippen LogP contribution in [0, 0.1) is 5.92 Å². The lowest BCUT2D eigenvalue weighted by molar-refractivity contribution is -0.138. The quantitative estimate of drug-likeness (QED) is 0.811. The van der Waals surface area contributed by atoms with Gasteiger partial charge in [0, 0.05) is 11.3 Å². The van der Waals surface area contributed by atoms with E-state index in [9.17, 15) is 4.79 Å². The highest BCUT2D eigenvalue weighted by atomic mass is 32.1. The van der Waals surface area contributed by atoms with Crippen LogP contribution in [-0.2, 0) is 4.79 Å². The first-order valence-corrected chi connectivity index (χ1v) is 6.90. The number of aliphatic carboxylic acids is 1. The molecule has 2 rings (SSSR count). The summed E-state index contributed by atoms with van der Waals surface area (Å²) in [6, 6.07) is 4.23. The summed E-state index contributed by atoms with van der Waals surface area (Å²) in [7, 11) is 0. The fourth-order valence-electron chi connectivity index (χ4n) is 2.73. The first-order valence-electron chi connectivity index (χ1n) is 6.02. The number of thiophene rings is 1. The van der Waals surface area contributed by atoms with Gasteiger partial charge in [0.25, 0.3) is 0 Å². The minimum absolute atomic E-state index is 0.336. The van der Waals surface area contributed by atoms with Gasteiger partial charge in [0.05, 0.1) is 0 Å². The summed E-state index contributed by atoms with van der Waals surface area (Å²) in [6.45, 7) is 0. The van der Waals surface area contributed by atoms with E-state index in [0.29, 0.717) is 18.3 Å². The van der Waals surface area contributed by atoms with E-state index in [1.807, 2.05) is 0 Å². The molecule has 1 saturated carbocycles. The zero-order chi connectivity index (χ0) is 11.4. The SMILES string of the molecule is O=C(O)CC1CCCCCC1c1cccs1. The first kappa shape index (κ1) is 11.6. The zero-order valence-corrected chi connectivity index (χ0v) is 10.2. The molecule has 0 spiro atoms. The second-order valence-electron chi connectivity index (χ2n) is 4.62. The summed E-state index contributed by atoms with van der Waals surface area (Å²) in [6.07, 6.45) is 6.28. The molecule has 2 unspecified atom stereocenters. The normalized spacial score (nSPS) is 26.2. The van der Waals surface area contributed by atoms with Gasteiger partial charge in [-0.1, -0.05) is 25.3 Å². The van der Waals surface area contributed by atoms with Gasteiger partial charge in [-0.2, -0.15) is 0 Å². The fraction of sp³-hybridized carbons (Fsp3) is 0.615. The summed E-state index contributed by atoms with van der Waals surface area (Å²) in [5, 5.41) is 11.1. The second kappa shape index (κ2) is 5.48. The van der Waals surface area contributed by atoms with Crippen molar-refractivity contribution < 1.29 is 9.90 Å². The van der Waals surface area contributed by atoms with Crippen LogP contribution in [0.4, 0.5) is 0 Å². The number of carboxylic acids is 1. The Kier molecular flexibility index (Phi) is 3.99. The average Bonchev–Trinajstić information content (AvgIpc) is 2.66. The molecule has 0 aliphatic heterocycles. The van der Waals surface area contributed by atoms with Gasteiger partial charge < -0.3 is 5.11 Å². The summed E-state index contributed by atoms with van der Waals surface area (Å²) < 4.78 is 0. The highest BCUT2D eigenvalue weighted by molar-refractivity contribution is 7.10. The molecular weight excluding hydrogens is 220 g/mol. The van der Waals surface area contributed by atoms with Crippen molar-refractivity contribution in [1.82, 2.24) is 0 Å². The lowest BCUT2D eigenvalue weighted by atomic mass is 9.84. The highest BCUT2D eigenvalue weighted by Crippen LogP contribution is 2.40. The minimum atomic E-state index is -0.645. The number of carbonyl (C=O) groups is 1. The maximum absolute atomic E-state index is 10.9. The maximum atomic E-state index is 10.9. The molecular formula is C13H18O2S. The molecule has 0 amide bonds. The Morgan fingerprint density at radius 2 is 2.19 bits per heavy atom. The van der Waals surface area contributed by atoms with Crippen molar-refractivity contribution in [3.63, 3.8) is 0 Å². The second-order valence-corrected chi connectivity index (χ2v) is 5.60. The van der Waals surface area contributed by atoms with Gasteiger partial charge in [0.15, 0.2) is 0 Å². The van der Waals surface area contributed by atoms with Crippen LogP contribution in [0.2, 0.25) is 0 Å². The lowest BCUT2D eigenvalue weighted by Gasteiger charge is -2.22. The molecule has 0 radical (unpaired) electrons. The Bertz CT molecular complexity index is 332. The van der Waals surface area contributed by atoms with Crippen LogP contribution in [0.1, 0.15) is 49.3 Å². The largest absolute Gasteiger partial charge is 0.481 e. The van der Waals surface area contributed by atoms with Crippen molar-refractivity contribution >= 4 is 17.3 Å². The average molecular weight is 238 g/mol. The molecule has 1 N–H and O–H groups in total. The Morgan fingerprint density at radius 1 is 1.38 bits per heavy atom. The molecule has 0 aromatic carbocycles. The van der Waals surface area contributed by atoms with Gasteiger partial charge in [-0.15, -0.1) is 11.3 Å². The van der Waals surface area contributed by atoms with E-state index in [2.05, 4.69) is 17.5 Å². The van der Waals surface area contributed by atoms with Crippen LogP contribution in [-0.4, -0.2) is 11.1 Å². The van der Waals surface area contributed by atoms with Crippen molar-refractivity contribution in [3.05, 3.63) is 22.4 Å². The van der Waals surface area contributed by atoms with Crippen molar-refractivity contribution in [1.29, 1.82) is 0 Å². The highest BCUT2D eigenvalue weighted by Gasteiger charge is 2.27. The van der Waals surface area contributed by atoms with E-state index in [1.54, 1.807) is 11.3 Å².